The number of carbonyl (C=O) groups excluding carboxylic acids is 2. The van der Waals surface area contributed by atoms with Gasteiger partial charge >= 0.3 is 0 Å². The minimum Gasteiger partial charge on any atom is -0.449 e. The molecule has 138 valence electrons. The van der Waals surface area contributed by atoms with Crippen molar-refractivity contribution in [3.05, 3.63) is 65.6 Å². The summed E-state index contributed by atoms with van der Waals surface area (Å²) in [5, 5.41) is 0.473. The fraction of sp³-hybridized carbons (Fsp3) is 0.200. The van der Waals surface area contributed by atoms with Gasteiger partial charge in [0.25, 0.3) is 0 Å². The summed E-state index contributed by atoms with van der Waals surface area (Å²) in [6, 6.07) is 8.91. The predicted octanol–water partition coefficient (Wildman–Crippen LogP) is 4.19. The van der Waals surface area contributed by atoms with Gasteiger partial charge in [-0.15, -0.1) is 0 Å². The fourth-order valence-corrected chi connectivity index (χ4v) is 2.94. The highest BCUT2D eigenvalue weighted by atomic mass is 35.5. The molecule has 0 aliphatic carbocycles. The van der Waals surface area contributed by atoms with Crippen LogP contribution in [0.5, 0.6) is 0 Å². The number of ketones is 1. The van der Waals surface area contributed by atoms with Crippen molar-refractivity contribution >= 4 is 29.0 Å². The van der Waals surface area contributed by atoms with Crippen LogP contribution in [0.25, 0.3) is 11.1 Å². The second-order valence-electron chi connectivity index (χ2n) is 5.93. The number of Topliss-reactive ketones (excluding diaryl/α,β-unsaturated/α-hetero) is 1. The van der Waals surface area contributed by atoms with Crippen molar-refractivity contribution in [1.82, 2.24) is 9.97 Å². The third-order valence-electron chi connectivity index (χ3n) is 4.16. The maximum Gasteiger partial charge on any atom is 0.226 e. The first-order valence-corrected chi connectivity index (χ1v) is 8.81. The Labute approximate surface area is 161 Å². The van der Waals surface area contributed by atoms with Crippen molar-refractivity contribution in [2.24, 2.45) is 0 Å². The first-order valence-electron chi connectivity index (χ1n) is 8.43. The maximum atomic E-state index is 12.2. The molecule has 2 heterocycles. The molecule has 2 aromatic heterocycles. The van der Waals surface area contributed by atoms with Gasteiger partial charge in [0.15, 0.2) is 5.78 Å². The van der Waals surface area contributed by atoms with E-state index in [1.165, 1.54) is 17.4 Å². The zero-order chi connectivity index (χ0) is 19.4. The van der Waals surface area contributed by atoms with E-state index in [1.807, 2.05) is 12.1 Å². The SMILES string of the molecule is CCC(=O)N(C)c1ccc(-c2ccc(C(=O)Cc3ncco3)nc2)cc1Cl. The maximum absolute atomic E-state index is 12.2. The molecule has 0 spiro atoms. The molecule has 3 rings (SSSR count). The second-order valence-corrected chi connectivity index (χ2v) is 6.34. The van der Waals surface area contributed by atoms with E-state index in [0.29, 0.717) is 28.7 Å². The zero-order valence-corrected chi connectivity index (χ0v) is 15.7. The molecule has 1 aromatic carbocycles. The molecule has 0 atom stereocenters. The van der Waals surface area contributed by atoms with Gasteiger partial charge in [-0.05, 0) is 23.8 Å². The number of halogens is 1. The van der Waals surface area contributed by atoms with Crippen LogP contribution in [-0.2, 0) is 11.2 Å². The number of amides is 1. The van der Waals surface area contributed by atoms with Crippen LogP contribution in [0.3, 0.4) is 0 Å². The first kappa shape index (κ1) is 18.8. The third-order valence-corrected chi connectivity index (χ3v) is 4.47. The Morgan fingerprint density at radius 1 is 1.15 bits per heavy atom. The van der Waals surface area contributed by atoms with Crippen LogP contribution in [-0.4, -0.2) is 28.7 Å². The van der Waals surface area contributed by atoms with Crippen molar-refractivity contribution in [3.8, 4) is 11.1 Å². The van der Waals surface area contributed by atoms with Gasteiger partial charge in [0.05, 0.1) is 23.3 Å². The molecule has 0 N–H and O–H groups in total. The molecule has 7 heteroatoms. The lowest BCUT2D eigenvalue weighted by atomic mass is 10.1. The Bertz CT molecular complexity index is 953. The van der Waals surface area contributed by atoms with E-state index < -0.39 is 0 Å². The number of oxazole rings is 1. The number of pyridine rings is 1. The zero-order valence-electron chi connectivity index (χ0n) is 15.0. The molecule has 0 bridgehead atoms. The highest BCUT2D eigenvalue weighted by molar-refractivity contribution is 6.34. The largest absolute Gasteiger partial charge is 0.449 e. The van der Waals surface area contributed by atoms with Crippen LogP contribution < -0.4 is 4.90 Å². The van der Waals surface area contributed by atoms with E-state index in [1.54, 1.807) is 38.4 Å². The van der Waals surface area contributed by atoms with Crippen LogP contribution in [0.15, 0.2) is 53.4 Å². The highest BCUT2D eigenvalue weighted by Gasteiger charge is 2.14. The summed E-state index contributed by atoms with van der Waals surface area (Å²) < 4.78 is 5.08. The number of hydrogen-bond acceptors (Lipinski definition) is 5. The molecule has 0 radical (unpaired) electrons. The summed E-state index contributed by atoms with van der Waals surface area (Å²) in [5.74, 6) is 0.177. The standard InChI is InChI=1S/C20H18ClN3O3/c1-3-20(26)24(2)17-7-5-13(10-15(17)21)14-4-6-16(23-12-14)18(25)11-19-22-8-9-27-19/h4-10,12H,3,11H2,1-2H3. The Morgan fingerprint density at radius 3 is 2.52 bits per heavy atom. The van der Waals surface area contributed by atoms with Crippen LogP contribution in [0, 0.1) is 0 Å². The molecule has 0 aliphatic rings. The monoisotopic (exact) mass is 383 g/mol. The lowest BCUT2D eigenvalue weighted by Gasteiger charge is -2.18. The molecule has 0 saturated carbocycles. The fourth-order valence-electron chi connectivity index (χ4n) is 2.63. The number of rotatable bonds is 6. The summed E-state index contributed by atoms with van der Waals surface area (Å²) in [6.07, 6.45) is 5.02. The quantitative estimate of drug-likeness (QED) is 0.596. The lowest BCUT2D eigenvalue weighted by molar-refractivity contribution is -0.118. The van der Waals surface area contributed by atoms with Gasteiger partial charge in [-0.2, -0.15) is 0 Å². The van der Waals surface area contributed by atoms with Crippen molar-refractivity contribution in [2.45, 2.75) is 19.8 Å². The summed E-state index contributed by atoms with van der Waals surface area (Å²) >= 11 is 6.35. The molecular weight excluding hydrogens is 366 g/mol. The Balaban J connectivity index is 1.78. The molecule has 3 aromatic rings. The molecule has 0 aliphatic heterocycles. The van der Waals surface area contributed by atoms with E-state index in [-0.39, 0.29) is 18.1 Å². The minimum absolute atomic E-state index is 0.0137. The van der Waals surface area contributed by atoms with Crippen LogP contribution in [0.1, 0.15) is 29.7 Å². The van der Waals surface area contributed by atoms with Crippen molar-refractivity contribution in [1.29, 1.82) is 0 Å². The third kappa shape index (κ3) is 4.23. The van der Waals surface area contributed by atoms with E-state index in [4.69, 9.17) is 16.0 Å². The topological polar surface area (TPSA) is 76.3 Å². The Morgan fingerprint density at radius 2 is 1.93 bits per heavy atom. The van der Waals surface area contributed by atoms with Crippen molar-refractivity contribution in [3.63, 3.8) is 0 Å². The second kappa shape index (κ2) is 8.14. The molecule has 0 unspecified atom stereocenters. The summed E-state index contributed by atoms with van der Waals surface area (Å²) in [7, 11) is 1.70. The molecule has 6 nitrogen and oxygen atoms in total. The number of anilines is 1. The number of aromatic nitrogens is 2. The molecule has 0 saturated heterocycles. The highest BCUT2D eigenvalue weighted by Crippen LogP contribution is 2.31. The Hall–Kier alpha value is -2.99. The summed E-state index contributed by atoms with van der Waals surface area (Å²) in [5.41, 5.74) is 2.66. The van der Waals surface area contributed by atoms with E-state index in [2.05, 4.69) is 9.97 Å². The number of benzene rings is 1. The smallest absolute Gasteiger partial charge is 0.226 e. The molecular formula is C20H18ClN3O3. The van der Waals surface area contributed by atoms with Crippen LogP contribution in [0.4, 0.5) is 5.69 Å². The van der Waals surface area contributed by atoms with Crippen LogP contribution >= 0.6 is 11.6 Å². The minimum atomic E-state index is -0.169. The predicted molar refractivity (Wildman–Crippen MR) is 103 cm³/mol. The number of hydrogen-bond donors (Lipinski definition) is 0. The summed E-state index contributed by atoms with van der Waals surface area (Å²) in [6.45, 7) is 1.80. The molecule has 27 heavy (non-hydrogen) atoms. The van der Waals surface area contributed by atoms with Crippen molar-refractivity contribution < 1.29 is 14.0 Å². The lowest BCUT2D eigenvalue weighted by Crippen LogP contribution is -2.25. The van der Waals surface area contributed by atoms with Crippen molar-refractivity contribution in [2.75, 3.05) is 11.9 Å². The average Bonchev–Trinajstić information content (AvgIpc) is 3.19. The van der Waals surface area contributed by atoms with Crippen LogP contribution in [0.2, 0.25) is 5.02 Å². The van der Waals surface area contributed by atoms with E-state index in [0.717, 1.165) is 11.1 Å². The average molecular weight is 384 g/mol. The molecule has 0 fully saturated rings. The van der Waals surface area contributed by atoms with E-state index in [9.17, 15) is 9.59 Å². The van der Waals surface area contributed by atoms with Gasteiger partial charge in [-0.1, -0.05) is 30.7 Å². The normalized spacial score (nSPS) is 10.6. The van der Waals surface area contributed by atoms with Gasteiger partial charge in [0.2, 0.25) is 11.8 Å². The van der Waals surface area contributed by atoms with Gasteiger partial charge < -0.3 is 9.32 Å². The summed E-state index contributed by atoms with van der Waals surface area (Å²) in [4.78, 5) is 33.8. The van der Waals surface area contributed by atoms with Gasteiger partial charge in [0, 0.05) is 25.2 Å². The van der Waals surface area contributed by atoms with Gasteiger partial charge in [-0.25, -0.2) is 4.98 Å². The molecule has 1 amide bonds. The Kier molecular flexibility index (Phi) is 5.66. The number of nitrogens with zero attached hydrogens (tertiary/aromatic N) is 3. The van der Waals surface area contributed by atoms with Gasteiger partial charge in [-0.3, -0.25) is 14.6 Å². The number of carbonyl (C=O) groups is 2. The van der Waals surface area contributed by atoms with E-state index >= 15 is 0 Å². The van der Waals surface area contributed by atoms with Gasteiger partial charge in [0.1, 0.15) is 12.0 Å². The first-order chi connectivity index (χ1) is 13.0.